The number of ether oxygens (including phenoxy) is 1. The van der Waals surface area contributed by atoms with Gasteiger partial charge in [0.25, 0.3) is 0 Å². The molecule has 0 bridgehead atoms. The number of aromatic nitrogens is 1. The lowest BCUT2D eigenvalue weighted by Crippen LogP contribution is -2.69. The fourth-order valence-corrected chi connectivity index (χ4v) is 6.57. The van der Waals surface area contributed by atoms with Crippen molar-refractivity contribution in [3.63, 3.8) is 0 Å². The van der Waals surface area contributed by atoms with Crippen molar-refractivity contribution in [2.75, 3.05) is 25.4 Å². The molecule has 2 aliphatic heterocycles. The minimum Gasteiger partial charge on any atom is -0.375 e. The molecule has 1 atom stereocenters. The van der Waals surface area contributed by atoms with Gasteiger partial charge < -0.3 is 9.64 Å². The van der Waals surface area contributed by atoms with E-state index in [1.807, 2.05) is 18.2 Å². The van der Waals surface area contributed by atoms with Crippen LogP contribution in [0.5, 0.6) is 0 Å². The summed E-state index contributed by atoms with van der Waals surface area (Å²) in [7, 11) is -3.16. The maximum absolute atomic E-state index is 12.6. The smallest absolute Gasteiger partial charge is 0.225 e. The van der Waals surface area contributed by atoms with E-state index in [0.29, 0.717) is 32.7 Å². The molecule has 1 aromatic heterocycles. The Kier molecular flexibility index (Phi) is 4.32. The second kappa shape index (κ2) is 6.36. The van der Waals surface area contributed by atoms with Gasteiger partial charge >= 0.3 is 0 Å². The van der Waals surface area contributed by atoms with Crippen LogP contribution in [-0.2, 0) is 26.0 Å². The average Bonchev–Trinajstić information content (AvgIpc) is 2.76. The second-order valence-electron chi connectivity index (χ2n) is 7.53. The zero-order valence-electron chi connectivity index (χ0n) is 14.3. The number of hydrogen-bond donors (Lipinski definition) is 0. The van der Waals surface area contributed by atoms with Crippen molar-refractivity contribution in [1.29, 1.82) is 0 Å². The number of rotatable bonds is 5. The van der Waals surface area contributed by atoms with Crippen molar-refractivity contribution in [3.8, 4) is 0 Å². The van der Waals surface area contributed by atoms with Crippen LogP contribution in [0.15, 0.2) is 24.4 Å². The highest BCUT2D eigenvalue weighted by atomic mass is 32.2. The van der Waals surface area contributed by atoms with Crippen LogP contribution in [0.25, 0.3) is 0 Å². The number of nitrogens with zero attached hydrogens (tertiary/aromatic N) is 2. The molecular formula is C18H24N2O4S. The van der Waals surface area contributed by atoms with E-state index in [1.54, 1.807) is 11.1 Å². The first-order valence-corrected chi connectivity index (χ1v) is 10.7. The predicted molar refractivity (Wildman–Crippen MR) is 92.4 cm³/mol. The van der Waals surface area contributed by atoms with Gasteiger partial charge in [-0.1, -0.05) is 12.5 Å². The zero-order chi connectivity index (χ0) is 17.5. The largest absolute Gasteiger partial charge is 0.375 e. The standard InChI is InChI=1S/C18H24N2O4S/c21-17(14-4-3-5-14)20-12-18(13-20)15(7-9-25(18,22)23)10-24-11-16-6-1-2-8-19-16/h1-2,6,8,14-15H,3-5,7,9-13H2. The van der Waals surface area contributed by atoms with E-state index in [-0.39, 0.29) is 23.5 Å². The van der Waals surface area contributed by atoms with Gasteiger partial charge in [-0.3, -0.25) is 9.78 Å². The monoisotopic (exact) mass is 364 g/mol. The molecule has 136 valence electrons. The first-order chi connectivity index (χ1) is 12.0. The van der Waals surface area contributed by atoms with E-state index in [9.17, 15) is 13.2 Å². The van der Waals surface area contributed by atoms with Crippen LogP contribution in [0.3, 0.4) is 0 Å². The summed E-state index contributed by atoms with van der Waals surface area (Å²) in [4.78, 5) is 18.3. The summed E-state index contributed by atoms with van der Waals surface area (Å²) in [6, 6.07) is 5.65. The molecule has 25 heavy (non-hydrogen) atoms. The minimum atomic E-state index is -3.16. The number of hydrogen-bond acceptors (Lipinski definition) is 5. The van der Waals surface area contributed by atoms with Crippen LogP contribution in [0.1, 0.15) is 31.4 Å². The highest BCUT2D eigenvalue weighted by Crippen LogP contribution is 2.46. The molecule has 1 aromatic rings. The molecule has 4 rings (SSSR count). The summed E-state index contributed by atoms with van der Waals surface area (Å²) in [5.74, 6) is 0.440. The Hall–Kier alpha value is -1.47. The molecule has 2 saturated heterocycles. The van der Waals surface area contributed by atoms with Crippen molar-refractivity contribution in [1.82, 2.24) is 9.88 Å². The van der Waals surface area contributed by atoms with Crippen molar-refractivity contribution >= 4 is 15.7 Å². The summed E-state index contributed by atoms with van der Waals surface area (Å²) in [6.07, 6.45) is 5.35. The lowest BCUT2D eigenvalue weighted by molar-refractivity contribution is -0.145. The van der Waals surface area contributed by atoms with Crippen LogP contribution < -0.4 is 0 Å². The van der Waals surface area contributed by atoms with Crippen LogP contribution in [0, 0.1) is 11.8 Å². The highest BCUT2D eigenvalue weighted by Gasteiger charge is 2.62. The van der Waals surface area contributed by atoms with E-state index in [0.717, 1.165) is 25.0 Å². The second-order valence-corrected chi connectivity index (χ2v) is 9.98. The molecule has 1 amide bonds. The van der Waals surface area contributed by atoms with Crippen LogP contribution in [-0.4, -0.2) is 54.4 Å². The van der Waals surface area contributed by atoms with Gasteiger partial charge in [-0.05, 0) is 31.4 Å². The number of likely N-dealkylation sites (tertiary alicyclic amines) is 1. The summed E-state index contributed by atoms with van der Waals surface area (Å²) in [5, 5.41) is 0. The number of carbonyl (C=O) groups excluding carboxylic acids is 1. The Labute approximate surface area is 148 Å². The predicted octanol–water partition coefficient (Wildman–Crippen LogP) is 1.41. The Morgan fingerprint density at radius 2 is 2.08 bits per heavy atom. The Morgan fingerprint density at radius 1 is 1.28 bits per heavy atom. The van der Waals surface area contributed by atoms with Gasteiger partial charge in [0.15, 0.2) is 9.84 Å². The third-order valence-corrected chi connectivity index (χ3v) is 8.68. The molecule has 3 aliphatic rings. The molecular weight excluding hydrogens is 340 g/mol. The number of carbonyl (C=O) groups is 1. The highest BCUT2D eigenvalue weighted by molar-refractivity contribution is 7.93. The molecule has 0 aromatic carbocycles. The first-order valence-electron chi connectivity index (χ1n) is 9.01. The Balaban J connectivity index is 1.38. The lowest BCUT2D eigenvalue weighted by atomic mass is 9.79. The van der Waals surface area contributed by atoms with E-state index in [2.05, 4.69) is 4.98 Å². The third-order valence-electron chi connectivity index (χ3n) is 6.08. The van der Waals surface area contributed by atoms with Crippen molar-refractivity contribution in [3.05, 3.63) is 30.1 Å². The van der Waals surface area contributed by atoms with Crippen molar-refractivity contribution in [2.45, 2.75) is 37.0 Å². The van der Waals surface area contributed by atoms with Gasteiger partial charge in [-0.15, -0.1) is 0 Å². The summed E-state index contributed by atoms with van der Waals surface area (Å²) in [6.45, 7) is 1.49. The van der Waals surface area contributed by atoms with Crippen molar-refractivity contribution < 1.29 is 17.9 Å². The summed E-state index contributed by atoms with van der Waals surface area (Å²) >= 11 is 0. The normalized spacial score (nSPS) is 27.0. The van der Waals surface area contributed by atoms with Gasteiger partial charge in [0.1, 0.15) is 4.75 Å². The SMILES string of the molecule is O=C(C1CCC1)N1CC2(C1)C(COCc1ccccn1)CCS2(=O)=O. The summed E-state index contributed by atoms with van der Waals surface area (Å²) < 4.78 is 30.2. The molecule has 0 N–H and O–H groups in total. The Bertz CT molecular complexity index is 740. The van der Waals surface area contributed by atoms with E-state index in [4.69, 9.17) is 4.74 Å². The number of amides is 1. The molecule has 1 unspecified atom stereocenters. The first kappa shape index (κ1) is 17.0. The van der Waals surface area contributed by atoms with E-state index < -0.39 is 14.6 Å². The number of sulfone groups is 1. The van der Waals surface area contributed by atoms with Gasteiger partial charge in [0.2, 0.25) is 5.91 Å². The van der Waals surface area contributed by atoms with Gasteiger partial charge in [-0.25, -0.2) is 8.42 Å². The summed E-state index contributed by atoms with van der Waals surface area (Å²) in [5.41, 5.74) is 0.841. The molecule has 3 heterocycles. The number of pyridine rings is 1. The van der Waals surface area contributed by atoms with Gasteiger partial charge in [0.05, 0.1) is 24.7 Å². The fourth-order valence-electron chi connectivity index (χ4n) is 4.17. The quantitative estimate of drug-likeness (QED) is 0.790. The van der Waals surface area contributed by atoms with Crippen molar-refractivity contribution in [2.24, 2.45) is 11.8 Å². The maximum atomic E-state index is 12.6. The molecule has 1 saturated carbocycles. The maximum Gasteiger partial charge on any atom is 0.225 e. The van der Waals surface area contributed by atoms with Crippen LogP contribution >= 0.6 is 0 Å². The molecule has 1 aliphatic carbocycles. The lowest BCUT2D eigenvalue weighted by Gasteiger charge is -2.51. The molecule has 1 spiro atoms. The minimum absolute atomic E-state index is 0.0355. The Morgan fingerprint density at radius 3 is 2.72 bits per heavy atom. The zero-order valence-corrected chi connectivity index (χ0v) is 15.1. The van der Waals surface area contributed by atoms with Crippen LogP contribution in [0.2, 0.25) is 0 Å². The molecule has 0 radical (unpaired) electrons. The molecule has 7 heteroatoms. The van der Waals surface area contributed by atoms with E-state index in [1.165, 1.54) is 0 Å². The third kappa shape index (κ3) is 2.87. The van der Waals surface area contributed by atoms with Gasteiger partial charge in [0, 0.05) is 31.1 Å². The molecule has 6 nitrogen and oxygen atoms in total. The molecule has 3 fully saturated rings. The average molecular weight is 364 g/mol. The fraction of sp³-hybridized carbons (Fsp3) is 0.667. The van der Waals surface area contributed by atoms with Crippen LogP contribution in [0.4, 0.5) is 0 Å². The topological polar surface area (TPSA) is 76.6 Å². The van der Waals surface area contributed by atoms with Gasteiger partial charge in [-0.2, -0.15) is 0 Å². The van der Waals surface area contributed by atoms with E-state index >= 15 is 0 Å².